The Morgan fingerprint density at radius 2 is 2.00 bits per heavy atom. The van der Waals surface area contributed by atoms with E-state index in [-0.39, 0.29) is 5.97 Å². The fraction of sp³-hybridized carbons (Fsp3) is 0.556. The molecule has 0 spiro atoms. The summed E-state index contributed by atoms with van der Waals surface area (Å²) in [5, 5.41) is 6.54. The molecule has 0 bridgehead atoms. The first-order valence-corrected chi connectivity index (χ1v) is 8.22. The third kappa shape index (κ3) is 7.68. The zero-order valence-electron chi connectivity index (χ0n) is 14.7. The molecule has 5 nitrogen and oxygen atoms in total. The van der Waals surface area contributed by atoms with Crippen LogP contribution in [0.1, 0.15) is 42.9 Å². The SMILES string of the molecule is CCNC(=NCc1ccc(C)cc1C)NCCCCC(=O)OC. The maximum atomic E-state index is 11.0. The van der Waals surface area contributed by atoms with Crippen molar-refractivity contribution >= 4 is 11.9 Å². The Balaban J connectivity index is 2.45. The minimum Gasteiger partial charge on any atom is -0.469 e. The molecule has 1 rings (SSSR count). The predicted octanol–water partition coefficient (Wildman–Crippen LogP) is 2.70. The van der Waals surface area contributed by atoms with Crippen LogP contribution < -0.4 is 10.6 Å². The third-order valence-electron chi connectivity index (χ3n) is 3.58. The molecule has 2 N–H and O–H groups in total. The van der Waals surface area contributed by atoms with Gasteiger partial charge >= 0.3 is 5.97 Å². The molecule has 5 heteroatoms. The number of carbonyl (C=O) groups is 1. The van der Waals surface area contributed by atoms with Crippen LogP contribution in [0.2, 0.25) is 0 Å². The Bertz CT molecular complexity index is 527. The van der Waals surface area contributed by atoms with Crippen LogP contribution in [0, 0.1) is 13.8 Å². The van der Waals surface area contributed by atoms with Crippen LogP contribution in [0.4, 0.5) is 0 Å². The minimum absolute atomic E-state index is 0.152. The van der Waals surface area contributed by atoms with Crippen LogP contribution in [-0.2, 0) is 16.1 Å². The van der Waals surface area contributed by atoms with E-state index in [0.717, 1.165) is 31.9 Å². The van der Waals surface area contributed by atoms with Crippen LogP contribution in [0.25, 0.3) is 0 Å². The zero-order chi connectivity index (χ0) is 17.1. The summed E-state index contributed by atoms with van der Waals surface area (Å²) >= 11 is 0. The van der Waals surface area contributed by atoms with Gasteiger partial charge in [-0.3, -0.25) is 4.79 Å². The van der Waals surface area contributed by atoms with Gasteiger partial charge in [-0.15, -0.1) is 0 Å². The van der Waals surface area contributed by atoms with Crippen molar-refractivity contribution in [1.29, 1.82) is 0 Å². The average molecular weight is 319 g/mol. The van der Waals surface area contributed by atoms with Gasteiger partial charge in [0.1, 0.15) is 0 Å². The standard InChI is InChI=1S/C18H29N3O2/c1-5-19-18(20-11-7-6-8-17(22)23-4)21-13-16-10-9-14(2)12-15(16)3/h9-10,12H,5-8,11,13H2,1-4H3,(H2,19,20,21). The second-order valence-corrected chi connectivity index (χ2v) is 5.59. The Kier molecular flexibility index (Phi) is 8.80. The lowest BCUT2D eigenvalue weighted by Gasteiger charge is -2.12. The van der Waals surface area contributed by atoms with Crippen LogP contribution in [0.3, 0.4) is 0 Å². The van der Waals surface area contributed by atoms with E-state index in [0.29, 0.717) is 13.0 Å². The molecule has 0 saturated heterocycles. The molecular formula is C18H29N3O2. The van der Waals surface area contributed by atoms with Gasteiger partial charge in [-0.25, -0.2) is 4.99 Å². The molecule has 0 aliphatic heterocycles. The van der Waals surface area contributed by atoms with E-state index in [9.17, 15) is 4.79 Å². The maximum Gasteiger partial charge on any atom is 0.305 e. The molecule has 1 aromatic rings. The summed E-state index contributed by atoms with van der Waals surface area (Å²) in [6.07, 6.45) is 2.19. The number of guanidine groups is 1. The number of aliphatic imine (C=N–C) groups is 1. The van der Waals surface area contributed by atoms with Gasteiger partial charge < -0.3 is 15.4 Å². The first-order valence-electron chi connectivity index (χ1n) is 8.22. The van der Waals surface area contributed by atoms with Gasteiger partial charge in [-0.2, -0.15) is 0 Å². The summed E-state index contributed by atoms with van der Waals surface area (Å²) in [6.45, 7) is 8.52. The zero-order valence-corrected chi connectivity index (χ0v) is 14.7. The molecule has 128 valence electrons. The molecule has 0 saturated carbocycles. The molecule has 0 aromatic heterocycles. The quantitative estimate of drug-likeness (QED) is 0.335. The van der Waals surface area contributed by atoms with Gasteiger partial charge in [0, 0.05) is 19.5 Å². The van der Waals surface area contributed by atoms with Crippen molar-refractivity contribution in [2.75, 3.05) is 20.2 Å². The van der Waals surface area contributed by atoms with Gasteiger partial charge in [-0.05, 0) is 44.7 Å². The number of methoxy groups -OCH3 is 1. The van der Waals surface area contributed by atoms with Gasteiger partial charge in [0.05, 0.1) is 13.7 Å². The smallest absolute Gasteiger partial charge is 0.305 e. The first kappa shape index (κ1) is 19.0. The summed E-state index contributed by atoms with van der Waals surface area (Å²) in [5.41, 5.74) is 3.77. The largest absolute Gasteiger partial charge is 0.469 e. The normalized spacial score (nSPS) is 11.2. The summed E-state index contributed by atoms with van der Waals surface area (Å²) < 4.78 is 4.63. The van der Waals surface area contributed by atoms with E-state index in [1.165, 1.54) is 23.8 Å². The highest BCUT2D eigenvalue weighted by molar-refractivity contribution is 5.79. The summed E-state index contributed by atoms with van der Waals surface area (Å²) in [4.78, 5) is 15.7. The minimum atomic E-state index is -0.152. The van der Waals surface area contributed by atoms with Gasteiger partial charge in [0.15, 0.2) is 5.96 Å². The predicted molar refractivity (Wildman–Crippen MR) is 94.6 cm³/mol. The lowest BCUT2D eigenvalue weighted by Crippen LogP contribution is -2.37. The van der Waals surface area contributed by atoms with E-state index < -0.39 is 0 Å². The highest BCUT2D eigenvalue weighted by Crippen LogP contribution is 2.11. The Hall–Kier alpha value is -2.04. The van der Waals surface area contributed by atoms with Crippen LogP contribution >= 0.6 is 0 Å². The molecule has 0 heterocycles. The summed E-state index contributed by atoms with van der Waals surface area (Å²) in [5.74, 6) is 0.658. The number of esters is 1. The second-order valence-electron chi connectivity index (χ2n) is 5.59. The molecule has 0 unspecified atom stereocenters. The Morgan fingerprint density at radius 3 is 2.65 bits per heavy atom. The lowest BCUT2D eigenvalue weighted by molar-refractivity contribution is -0.140. The molecule has 0 aliphatic carbocycles. The number of aryl methyl sites for hydroxylation is 2. The Labute approximate surface area is 139 Å². The number of nitrogens with zero attached hydrogens (tertiary/aromatic N) is 1. The van der Waals surface area contributed by atoms with Crippen molar-refractivity contribution in [3.63, 3.8) is 0 Å². The second kappa shape index (κ2) is 10.6. The molecule has 0 aliphatic rings. The molecule has 23 heavy (non-hydrogen) atoms. The van der Waals surface area contributed by atoms with Gasteiger partial charge in [-0.1, -0.05) is 23.8 Å². The summed E-state index contributed by atoms with van der Waals surface area (Å²) in [6, 6.07) is 6.43. The van der Waals surface area contributed by atoms with Crippen LogP contribution in [0.15, 0.2) is 23.2 Å². The van der Waals surface area contributed by atoms with E-state index in [4.69, 9.17) is 0 Å². The number of hydrogen-bond donors (Lipinski definition) is 2. The molecule has 0 radical (unpaired) electrons. The Morgan fingerprint density at radius 1 is 1.22 bits per heavy atom. The van der Waals surface area contributed by atoms with Gasteiger partial charge in [0.2, 0.25) is 0 Å². The monoisotopic (exact) mass is 319 g/mol. The van der Waals surface area contributed by atoms with Crippen molar-refractivity contribution in [3.8, 4) is 0 Å². The highest BCUT2D eigenvalue weighted by Gasteiger charge is 2.02. The fourth-order valence-electron chi connectivity index (χ4n) is 2.23. The number of carbonyl (C=O) groups excluding carboxylic acids is 1. The van der Waals surface area contributed by atoms with Crippen molar-refractivity contribution in [2.45, 2.75) is 46.6 Å². The van der Waals surface area contributed by atoms with Crippen molar-refractivity contribution in [3.05, 3.63) is 34.9 Å². The van der Waals surface area contributed by atoms with Crippen molar-refractivity contribution in [1.82, 2.24) is 10.6 Å². The highest BCUT2D eigenvalue weighted by atomic mass is 16.5. The topological polar surface area (TPSA) is 62.7 Å². The van der Waals surface area contributed by atoms with E-state index in [1.807, 2.05) is 6.92 Å². The van der Waals surface area contributed by atoms with E-state index >= 15 is 0 Å². The number of unbranched alkanes of at least 4 members (excludes halogenated alkanes) is 1. The van der Waals surface area contributed by atoms with E-state index in [2.05, 4.69) is 52.4 Å². The maximum absolute atomic E-state index is 11.0. The summed E-state index contributed by atoms with van der Waals surface area (Å²) in [7, 11) is 1.42. The van der Waals surface area contributed by atoms with Gasteiger partial charge in [0.25, 0.3) is 0 Å². The number of rotatable bonds is 8. The molecule has 0 fully saturated rings. The van der Waals surface area contributed by atoms with Crippen molar-refractivity contribution < 1.29 is 9.53 Å². The first-order chi connectivity index (χ1) is 11.1. The molecular weight excluding hydrogens is 290 g/mol. The number of hydrogen-bond acceptors (Lipinski definition) is 3. The lowest BCUT2D eigenvalue weighted by atomic mass is 10.1. The van der Waals surface area contributed by atoms with E-state index in [1.54, 1.807) is 0 Å². The van der Waals surface area contributed by atoms with Crippen molar-refractivity contribution in [2.24, 2.45) is 4.99 Å². The third-order valence-corrected chi connectivity index (χ3v) is 3.58. The van der Waals surface area contributed by atoms with Crippen LogP contribution in [-0.4, -0.2) is 32.1 Å². The number of nitrogens with one attached hydrogen (secondary N) is 2. The number of ether oxygens (including phenoxy) is 1. The molecule has 1 aromatic carbocycles. The molecule has 0 amide bonds. The van der Waals surface area contributed by atoms with Crippen LogP contribution in [0.5, 0.6) is 0 Å². The number of benzene rings is 1. The average Bonchev–Trinajstić information content (AvgIpc) is 2.53. The fourth-order valence-corrected chi connectivity index (χ4v) is 2.23. The molecule has 0 atom stereocenters.